The quantitative estimate of drug-likeness (QED) is 0.349. The van der Waals surface area contributed by atoms with E-state index in [9.17, 15) is 4.79 Å². The largest absolute Gasteiger partial charge is 0.465 e. The second-order valence-corrected chi connectivity index (χ2v) is 7.32. The number of anilines is 2. The number of hydrogen-bond donors (Lipinski definition) is 2. The van der Waals surface area contributed by atoms with Crippen LogP contribution in [0.1, 0.15) is 43.9 Å². The lowest BCUT2D eigenvalue weighted by atomic mass is 9.89. The fraction of sp³-hybridized carbons (Fsp3) is 0.421. The summed E-state index contributed by atoms with van der Waals surface area (Å²) in [5.74, 6) is 5.77. The van der Waals surface area contributed by atoms with Crippen LogP contribution in [0.5, 0.6) is 0 Å². The van der Waals surface area contributed by atoms with Crippen LogP contribution in [-0.4, -0.2) is 39.8 Å². The average Bonchev–Trinajstić information content (AvgIpc) is 3.19. The third-order valence-electron chi connectivity index (χ3n) is 4.66. The number of carbonyl (C=O) groups excluding carboxylic acids is 1. The molecule has 1 aliphatic rings. The molecule has 2 atom stereocenters. The maximum Gasteiger partial charge on any atom is 0.317 e. The molecule has 3 N–H and O–H groups in total. The van der Waals surface area contributed by atoms with E-state index >= 15 is 0 Å². The standard InChI is InChI=1S/C19H24BrN7O2/c1-3-6-12-16(23-11-24-17(12)26-21)15(19(28)29-4-2)14-8-10-25-27(14)18-13(20)7-5-9-22-18/h5,7,9-11,14-15H,3-4,6,8,21H2,1-2H3,(H,23,24,26). The van der Waals surface area contributed by atoms with Crippen LogP contribution in [0.2, 0.25) is 0 Å². The predicted molar refractivity (Wildman–Crippen MR) is 115 cm³/mol. The maximum atomic E-state index is 13.1. The van der Waals surface area contributed by atoms with Crippen molar-refractivity contribution in [3.8, 4) is 0 Å². The van der Waals surface area contributed by atoms with Crippen molar-refractivity contribution in [2.24, 2.45) is 10.9 Å². The molecule has 2 aromatic rings. The number of esters is 1. The van der Waals surface area contributed by atoms with Gasteiger partial charge >= 0.3 is 5.97 Å². The summed E-state index contributed by atoms with van der Waals surface area (Å²) in [7, 11) is 0. The zero-order chi connectivity index (χ0) is 20.8. The van der Waals surface area contributed by atoms with E-state index < -0.39 is 5.92 Å². The van der Waals surface area contributed by atoms with Gasteiger partial charge in [-0.25, -0.2) is 25.8 Å². The second kappa shape index (κ2) is 9.75. The maximum absolute atomic E-state index is 13.1. The Kier molecular flexibility index (Phi) is 7.10. The van der Waals surface area contributed by atoms with Gasteiger partial charge in [0.05, 0.1) is 22.8 Å². The van der Waals surface area contributed by atoms with Crippen LogP contribution in [0.3, 0.4) is 0 Å². The predicted octanol–water partition coefficient (Wildman–Crippen LogP) is 2.78. The molecule has 0 saturated carbocycles. The summed E-state index contributed by atoms with van der Waals surface area (Å²) < 4.78 is 6.21. The Balaban J connectivity index is 2.10. The van der Waals surface area contributed by atoms with Gasteiger partial charge in [0.15, 0.2) is 5.82 Å². The van der Waals surface area contributed by atoms with Crippen molar-refractivity contribution in [1.29, 1.82) is 0 Å². The molecule has 0 aliphatic carbocycles. The lowest BCUT2D eigenvalue weighted by Gasteiger charge is -2.30. The summed E-state index contributed by atoms with van der Waals surface area (Å²) in [6.45, 7) is 4.10. The molecule has 29 heavy (non-hydrogen) atoms. The third kappa shape index (κ3) is 4.38. The first-order valence-corrected chi connectivity index (χ1v) is 10.3. The summed E-state index contributed by atoms with van der Waals surface area (Å²) in [6, 6.07) is 3.38. The van der Waals surface area contributed by atoms with Crippen LogP contribution in [0.15, 0.2) is 34.2 Å². The molecule has 0 saturated heterocycles. The molecule has 3 rings (SSSR count). The highest BCUT2D eigenvalue weighted by molar-refractivity contribution is 9.10. The fourth-order valence-corrected chi connectivity index (χ4v) is 3.90. The number of hydrazone groups is 1. The Labute approximate surface area is 177 Å². The number of ether oxygens (including phenoxy) is 1. The number of hydrazine groups is 1. The fourth-order valence-electron chi connectivity index (χ4n) is 3.46. The van der Waals surface area contributed by atoms with Crippen LogP contribution in [-0.2, 0) is 16.0 Å². The van der Waals surface area contributed by atoms with E-state index in [1.165, 1.54) is 6.33 Å². The Hall–Kier alpha value is -2.59. The molecule has 10 heteroatoms. The molecule has 1 aliphatic heterocycles. The summed E-state index contributed by atoms with van der Waals surface area (Å²) in [4.78, 5) is 26.2. The van der Waals surface area contributed by atoms with Crippen LogP contribution in [0, 0.1) is 0 Å². The van der Waals surface area contributed by atoms with E-state index in [1.54, 1.807) is 24.3 Å². The monoisotopic (exact) mass is 461 g/mol. The lowest BCUT2D eigenvalue weighted by molar-refractivity contribution is -0.145. The highest BCUT2D eigenvalue weighted by atomic mass is 79.9. The first-order chi connectivity index (χ1) is 14.1. The number of aromatic nitrogens is 3. The first kappa shape index (κ1) is 21.1. The van der Waals surface area contributed by atoms with Crippen molar-refractivity contribution in [2.45, 2.75) is 45.1 Å². The summed E-state index contributed by atoms with van der Waals surface area (Å²) in [5, 5.41) is 6.23. The Morgan fingerprint density at radius 1 is 1.41 bits per heavy atom. The molecular weight excluding hydrogens is 438 g/mol. The molecule has 154 valence electrons. The SMILES string of the molecule is CCCc1c(NN)ncnc1C(C(=O)OCC)C1CC=NN1c1ncccc1Br. The molecule has 0 spiro atoms. The Morgan fingerprint density at radius 3 is 2.93 bits per heavy atom. The second-order valence-electron chi connectivity index (χ2n) is 6.46. The van der Waals surface area contributed by atoms with Crippen molar-refractivity contribution in [3.63, 3.8) is 0 Å². The van der Waals surface area contributed by atoms with E-state index in [1.807, 2.05) is 19.1 Å². The first-order valence-electron chi connectivity index (χ1n) is 9.51. The molecular formula is C19H24BrN7O2. The van der Waals surface area contributed by atoms with Crippen molar-refractivity contribution >= 4 is 39.7 Å². The number of hydrogen-bond acceptors (Lipinski definition) is 9. The minimum Gasteiger partial charge on any atom is -0.465 e. The minimum atomic E-state index is -0.678. The molecule has 3 heterocycles. The molecule has 9 nitrogen and oxygen atoms in total. The molecule has 0 bridgehead atoms. The number of nitrogen functional groups attached to an aromatic ring is 1. The van der Waals surface area contributed by atoms with Gasteiger partial charge < -0.3 is 10.2 Å². The summed E-state index contributed by atoms with van der Waals surface area (Å²) >= 11 is 3.52. The van der Waals surface area contributed by atoms with Gasteiger partial charge in [-0.05, 0) is 41.4 Å². The van der Waals surface area contributed by atoms with Crippen molar-refractivity contribution < 1.29 is 9.53 Å². The van der Waals surface area contributed by atoms with Crippen molar-refractivity contribution in [1.82, 2.24) is 15.0 Å². The van der Waals surface area contributed by atoms with Crippen LogP contribution >= 0.6 is 15.9 Å². The third-order valence-corrected chi connectivity index (χ3v) is 5.28. The van der Waals surface area contributed by atoms with Crippen LogP contribution < -0.4 is 16.3 Å². The molecule has 2 aromatic heterocycles. The zero-order valence-electron chi connectivity index (χ0n) is 16.4. The molecule has 0 fully saturated rings. The number of nitrogens with zero attached hydrogens (tertiary/aromatic N) is 5. The van der Waals surface area contributed by atoms with Gasteiger partial charge in [-0.1, -0.05) is 13.3 Å². The Bertz CT molecular complexity index is 893. The van der Waals surface area contributed by atoms with Crippen LogP contribution in [0.25, 0.3) is 0 Å². The van der Waals surface area contributed by atoms with Gasteiger partial charge in [-0.2, -0.15) is 5.10 Å². The normalized spacial score (nSPS) is 16.7. The number of rotatable bonds is 8. The van der Waals surface area contributed by atoms with Gasteiger partial charge in [-0.15, -0.1) is 0 Å². The average molecular weight is 462 g/mol. The number of halogens is 1. The van der Waals surface area contributed by atoms with E-state index in [0.29, 0.717) is 30.2 Å². The van der Waals surface area contributed by atoms with Gasteiger partial charge in [0.25, 0.3) is 0 Å². The van der Waals surface area contributed by atoms with Gasteiger partial charge in [0.1, 0.15) is 18.1 Å². The van der Waals surface area contributed by atoms with Gasteiger partial charge in [0, 0.05) is 24.4 Å². The zero-order valence-corrected chi connectivity index (χ0v) is 18.0. The molecule has 0 aromatic carbocycles. The van der Waals surface area contributed by atoms with Gasteiger partial charge in [-0.3, -0.25) is 4.79 Å². The highest BCUT2D eigenvalue weighted by Crippen LogP contribution is 2.37. The van der Waals surface area contributed by atoms with Crippen molar-refractivity contribution in [2.75, 3.05) is 17.0 Å². The summed E-state index contributed by atoms with van der Waals surface area (Å²) in [5.41, 5.74) is 4.03. The molecule has 2 unspecified atom stereocenters. The molecule has 0 radical (unpaired) electrons. The van der Waals surface area contributed by atoms with E-state index in [0.717, 1.165) is 16.5 Å². The molecule has 0 amide bonds. The van der Waals surface area contributed by atoms with E-state index in [4.69, 9.17) is 10.6 Å². The van der Waals surface area contributed by atoms with E-state index in [-0.39, 0.29) is 18.6 Å². The minimum absolute atomic E-state index is 0.270. The lowest BCUT2D eigenvalue weighted by Crippen LogP contribution is -2.39. The number of nitrogens with one attached hydrogen (secondary N) is 1. The number of pyridine rings is 1. The number of carbonyl (C=O) groups is 1. The smallest absolute Gasteiger partial charge is 0.317 e. The van der Waals surface area contributed by atoms with Crippen LogP contribution in [0.4, 0.5) is 11.6 Å². The van der Waals surface area contributed by atoms with E-state index in [2.05, 4.69) is 41.4 Å². The van der Waals surface area contributed by atoms with Gasteiger partial charge in [0.2, 0.25) is 0 Å². The number of nitrogens with two attached hydrogens (primary N) is 1. The Morgan fingerprint density at radius 2 is 2.24 bits per heavy atom. The topological polar surface area (TPSA) is 119 Å². The highest BCUT2D eigenvalue weighted by Gasteiger charge is 2.41. The van der Waals surface area contributed by atoms with Crippen molar-refractivity contribution in [3.05, 3.63) is 40.4 Å². The summed E-state index contributed by atoms with van der Waals surface area (Å²) in [6.07, 6.45) is 6.95.